The summed E-state index contributed by atoms with van der Waals surface area (Å²) in [7, 11) is 0. The van der Waals surface area contributed by atoms with Crippen LogP contribution in [0.25, 0.3) is 10.9 Å². The number of unbranched alkanes of at least 4 members (excludes halogenated alkanes) is 2. The van der Waals surface area contributed by atoms with E-state index in [0.717, 1.165) is 75.2 Å². The molecule has 3 aliphatic rings. The Bertz CT molecular complexity index is 1670. The van der Waals surface area contributed by atoms with Crippen LogP contribution >= 0.6 is 0 Å². The zero-order valence-electron chi connectivity index (χ0n) is 26.1. The van der Waals surface area contributed by atoms with Gasteiger partial charge in [0.1, 0.15) is 23.5 Å². The lowest BCUT2D eigenvalue weighted by Gasteiger charge is -2.44. The zero-order chi connectivity index (χ0) is 31.9. The quantitative estimate of drug-likeness (QED) is 0.116. The van der Waals surface area contributed by atoms with Gasteiger partial charge in [0.2, 0.25) is 5.56 Å². The summed E-state index contributed by atoms with van der Waals surface area (Å²) in [6.45, 7) is 4.68. The van der Waals surface area contributed by atoms with E-state index in [0.29, 0.717) is 35.5 Å². The number of hydrogen-bond acceptors (Lipinski definition) is 8. The Morgan fingerprint density at radius 1 is 0.957 bits per heavy atom. The molecule has 3 aliphatic heterocycles. The van der Waals surface area contributed by atoms with E-state index >= 15 is 0 Å². The normalized spacial score (nSPS) is 20.3. The summed E-state index contributed by atoms with van der Waals surface area (Å²) in [5, 5.41) is 24.7. The Kier molecular flexibility index (Phi) is 10.3. The van der Waals surface area contributed by atoms with Crippen molar-refractivity contribution in [2.24, 2.45) is 5.92 Å². The molecule has 1 aromatic heterocycles. The average Bonchev–Trinajstić information content (AvgIpc) is 3.07. The number of carbonyl (C=O) groups excluding carboxylic acids is 1. The number of rotatable bonds is 14. The van der Waals surface area contributed by atoms with Gasteiger partial charge in [-0.15, -0.1) is 0 Å². The minimum Gasteiger partial charge on any atom is -0.506 e. The van der Waals surface area contributed by atoms with Crippen LogP contribution in [0.1, 0.15) is 60.8 Å². The summed E-state index contributed by atoms with van der Waals surface area (Å²) in [6.07, 6.45) is 4.10. The number of aliphatic hydroxyl groups is 1. The number of nitrogens with one attached hydrogen (secondary N) is 2. The van der Waals surface area contributed by atoms with Gasteiger partial charge >= 0.3 is 5.97 Å². The Labute approximate surface area is 269 Å². The molecule has 9 heteroatoms. The van der Waals surface area contributed by atoms with Crippen molar-refractivity contribution in [3.8, 4) is 11.5 Å². The zero-order valence-corrected chi connectivity index (χ0v) is 26.1. The molecule has 9 nitrogen and oxygen atoms in total. The molecule has 1 unspecified atom stereocenters. The fraction of sp³-hybridized carbons (Fsp3) is 0.405. The number of aromatic amines is 1. The van der Waals surface area contributed by atoms with Gasteiger partial charge in [0.25, 0.3) is 0 Å². The van der Waals surface area contributed by atoms with Crippen LogP contribution in [0.15, 0.2) is 83.7 Å². The van der Waals surface area contributed by atoms with Crippen molar-refractivity contribution in [1.29, 1.82) is 0 Å². The number of aliphatic hydroxyl groups excluding tert-OH is 1. The van der Waals surface area contributed by atoms with E-state index in [-0.39, 0.29) is 23.4 Å². The highest BCUT2D eigenvalue weighted by Crippen LogP contribution is 2.34. The molecule has 2 bridgehead atoms. The number of ether oxygens (including phenoxy) is 2. The Balaban J connectivity index is 0.968. The van der Waals surface area contributed by atoms with Crippen molar-refractivity contribution in [2.75, 3.05) is 39.3 Å². The number of esters is 1. The molecule has 0 spiro atoms. The number of benzene rings is 3. The fourth-order valence-electron chi connectivity index (χ4n) is 6.77. The number of aromatic hydroxyl groups is 1. The largest absolute Gasteiger partial charge is 0.506 e. The third kappa shape index (κ3) is 7.61. The highest BCUT2D eigenvalue weighted by molar-refractivity contribution is 5.87. The SMILES string of the molecule is O=C(O[C@H]1CN2CCC1CC2)C(c1ccccc1)c1cccc(OCCCCCNC[C@H](O)c2ccc(O)c3[nH]c(=O)ccc23)c1. The summed E-state index contributed by atoms with van der Waals surface area (Å²) in [5.74, 6) is 0.450. The molecule has 3 atom stereocenters. The molecule has 3 fully saturated rings. The van der Waals surface area contributed by atoms with Gasteiger partial charge < -0.3 is 30.0 Å². The first-order chi connectivity index (χ1) is 22.5. The lowest BCUT2D eigenvalue weighted by atomic mass is 9.85. The van der Waals surface area contributed by atoms with E-state index < -0.39 is 12.0 Å². The van der Waals surface area contributed by atoms with E-state index in [9.17, 15) is 19.8 Å². The molecule has 4 heterocycles. The lowest BCUT2D eigenvalue weighted by Crippen LogP contribution is -2.52. The van der Waals surface area contributed by atoms with Gasteiger partial charge in [0.15, 0.2) is 0 Å². The molecular weight excluding hydrogens is 582 g/mol. The number of fused-ring (bicyclic) bond motifs is 4. The van der Waals surface area contributed by atoms with Crippen molar-refractivity contribution < 1.29 is 24.5 Å². The van der Waals surface area contributed by atoms with Crippen LogP contribution in [0.4, 0.5) is 0 Å². The van der Waals surface area contributed by atoms with E-state index in [4.69, 9.17) is 9.47 Å². The first kappa shape index (κ1) is 31.8. The molecule has 0 aliphatic carbocycles. The van der Waals surface area contributed by atoms with Crippen LogP contribution in [-0.4, -0.2) is 71.5 Å². The lowest BCUT2D eigenvalue weighted by molar-refractivity contribution is -0.159. The van der Waals surface area contributed by atoms with E-state index in [1.165, 1.54) is 12.1 Å². The number of hydrogen-bond donors (Lipinski definition) is 4. The predicted octanol–water partition coefficient (Wildman–Crippen LogP) is 4.88. The minimum absolute atomic E-state index is 0.0243. The number of carbonyl (C=O) groups is 1. The van der Waals surface area contributed by atoms with Gasteiger partial charge in [0.05, 0.1) is 18.2 Å². The van der Waals surface area contributed by atoms with Crippen molar-refractivity contribution in [1.82, 2.24) is 15.2 Å². The number of phenols is 1. The number of pyridine rings is 1. The second-order valence-corrected chi connectivity index (χ2v) is 12.4. The van der Waals surface area contributed by atoms with Gasteiger partial charge in [-0.25, -0.2) is 0 Å². The number of phenolic OH excluding ortho intramolecular Hbond substituents is 1. The van der Waals surface area contributed by atoms with E-state index in [2.05, 4.69) is 15.2 Å². The third-order valence-electron chi connectivity index (χ3n) is 9.29. The van der Waals surface area contributed by atoms with Crippen LogP contribution in [0, 0.1) is 5.92 Å². The van der Waals surface area contributed by atoms with Gasteiger partial charge in [-0.2, -0.15) is 0 Å². The van der Waals surface area contributed by atoms with E-state index in [1.807, 2.05) is 54.6 Å². The average molecular weight is 626 g/mol. The van der Waals surface area contributed by atoms with Crippen LogP contribution < -0.4 is 15.6 Å². The smallest absolute Gasteiger partial charge is 0.318 e. The van der Waals surface area contributed by atoms with E-state index in [1.54, 1.807) is 12.1 Å². The fourth-order valence-corrected chi connectivity index (χ4v) is 6.77. The Morgan fingerprint density at radius 2 is 1.76 bits per heavy atom. The topological polar surface area (TPSA) is 124 Å². The summed E-state index contributed by atoms with van der Waals surface area (Å²) in [5.41, 5.74) is 2.45. The molecule has 4 aromatic rings. The van der Waals surface area contributed by atoms with Crippen LogP contribution in [0.5, 0.6) is 11.5 Å². The molecule has 0 amide bonds. The maximum atomic E-state index is 13.7. The summed E-state index contributed by atoms with van der Waals surface area (Å²) in [4.78, 5) is 30.3. The maximum absolute atomic E-state index is 13.7. The molecule has 46 heavy (non-hydrogen) atoms. The second-order valence-electron chi connectivity index (χ2n) is 12.4. The summed E-state index contributed by atoms with van der Waals surface area (Å²) in [6, 6.07) is 23.8. The highest BCUT2D eigenvalue weighted by atomic mass is 16.5. The van der Waals surface area contributed by atoms with Gasteiger partial charge in [0, 0.05) is 24.5 Å². The third-order valence-corrected chi connectivity index (χ3v) is 9.29. The van der Waals surface area contributed by atoms with Crippen molar-refractivity contribution in [3.63, 3.8) is 0 Å². The predicted molar refractivity (Wildman–Crippen MR) is 177 cm³/mol. The van der Waals surface area contributed by atoms with Crippen LogP contribution in [0.3, 0.4) is 0 Å². The highest BCUT2D eigenvalue weighted by Gasteiger charge is 2.38. The molecule has 7 rings (SSSR count). The number of nitrogens with zero attached hydrogens (tertiary/aromatic N) is 1. The van der Waals surface area contributed by atoms with Crippen molar-refractivity contribution >= 4 is 16.9 Å². The van der Waals surface area contributed by atoms with Gasteiger partial charge in [-0.3, -0.25) is 14.5 Å². The molecule has 4 N–H and O–H groups in total. The van der Waals surface area contributed by atoms with Crippen molar-refractivity contribution in [2.45, 2.75) is 50.2 Å². The monoisotopic (exact) mass is 625 g/mol. The van der Waals surface area contributed by atoms with Crippen LogP contribution in [0.2, 0.25) is 0 Å². The number of piperidine rings is 3. The van der Waals surface area contributed by atoms with Crippen LogP contribution in [-0.2, 0) is 9.53 Å². The van der Waals surface area contributed by atoms with Crippen molar-refractivity contribution in [3.05, 3.63) is 106 Å². The molecule has 242 valence electrons. The Hall–Kier alpha value is -4.18. The first-order valence-electron chi connectivity index (χ1n) is 16.4. The van der Waals surface area contributed by atoms with Gasteiger partial charge in [-0.1, -0.05) is 48.5 Å². The number of aromatic nitrogens is 1. The maximum Gasteiger partial charge on any atom is 0.318 e. The second kappa shape index (κ2) is 14.9. The molecule has 0 saturated carbocycles. The molecule has 3 saturated heterocycles. The van der Waals surface area contributed by atoms with Gasteiger partial charge in [-0.05, 0) is 98.6 Å². The summed E-state index contributed by atoms with van der Waals surface area (Å²) < 4.78 is 12.3. The molecular formula is C37H43N3O6. The summed E-state index contributed by atoms with van der Waals surface area (Å²) >= 11 is 0. The standard InChI is InChI=1S/C37H43N3O6/c41-31-14-12-29(30-13-15-34(43)39-36(30)31)32(42)23-38-18-5-2-6-21-45-28-11-7-10-27(22-28)35(26-8-3-1-4-9-26)37(44)46-33-24-40-19-16-25(33)17-20-40/h1,3-4,7-15,22,25,32-33,35,38,41-42H,2,5-6,16-21,23-24H2,(H,39,43)/t32-,33-,35?/m0/s1. The molecule has 0 radical (unpaired) electrons. The Morgan fingerprint density at radius 3 is 2.54 bits per heavy atom. The minimum atomic E-state index is -0.780. The first-order valence-corrected chi connectivity index (χ1v) is 16.4. The molecule has 3 aromatic carbocycles. The number of H-pyrrole nitrogens is 1.